The summed E-state index contributed by atoms with van der Waals surface area (Å²) >= 11 is 3.43. The van der Waals surface area contributed by atoms with Crippen LogP contribution in [0.2, 0.25) is 0 Å². The van der Waals surface area contributed by atoms with Crippen LogP contribution in [0.4, 0.5) is 11.4 Å². The Morgan fingerprint density at radius 2 is 1.89 bits per heavy atom. The molecule has 27 heavy (non-hydrogen) atoms. The van der Waals surface area contributed by atoms with Crippen LogP contribution in [0, 0.1) is 6.92 Å². The van der Waals surface area contributed by atoms with Gasteiger partial charge in [-0.05, 0) is 50.1 Å². The Bertz CT molecular complexity index is 852. The molecular formula is C20H23BrN4O2. The molecule has 2 aromatic rings. The highest BCUT2D eigenvalue weighted by molar-refractivity contribution is 9.10. The molecule has 7 heteroatoms. The molecule has 0 spiro atoms. The summed E-state index contributed by atoms with van der Waals surface area (Å²) in [7, 11) is 0. The second kappa shape index (κ2) is 9.87. The van der Waals surface area contributed by atoms with Gasteiger partial charge in [0.05, 0.1) is 6.21 Å². The van der Waals surface area contributed by atoms with Gasteiger partial charge in [-0.2, -0.15) is 5.10 Å². The van der Waals surface area contributed by atoms with Crippen molar-refractivity contribution in [2.24, 2.45) is 5.10 Å². The quantitative estimate of drug-likeness (QED) is 0.369. The number of hydrogen-bond donors (Lipinski definition) is 3. The summed E-state index contributed by atoms with van der Waals surface area (Å²) in [5, 5.41) is 9.87. The molecule has 0 aliphatic heterocycles. The topological polar surface area (TPSA) is 82.6 Å². The Hall–Kier alpha value is -2.67. The van der Waals surface area contributed by atoms with Crippen LogP contribution in [-0.4, -0.2) is 24.1 Å². The Labute approximate surface area is 167 Å². The van der Waals surface area contributed by atoms with E-state index in [9.17, 15) is 9.59 Å². The van der Waals surface area contributed by atoms with Crippen LogP contribution in [0.25, 0.3) is 0 Å². The molecule has 0 aliphatic rings. The number of carbonyl (C=O) groups is 2. The minimum Gasteiger partial charge on any atom is -0.355 e. The van der Waals surface area contributed by atoms with E-state index in [1.807, 2.05) is 63.2 Å². The molecule has 0 bridgehead atoms. The minimum absolute atomic E-state index is 0.0674. The number of nitrogens with zero attached hydrogens (tertiary/aromatic N) is 1. The molecule has 142 valence electrons. The van der Waals surface area contributed by atoms with Crippen LogP contribution in [0.3, 0.4) is 0 Å². The fourth-order valence-electron chi connectivity index (χ4n) is 2.22. The van der Waals surface area contributed by atoms with E-state index in [0.717, 1.165) is 33.4 Å². The zero-order valence-electron chi connectivity index (χ0n) is 15.5. The normalized spacial score (nSPS) is 11.9. The lowest BCUT2D eigenvalue weighted by Crippen LogP contribution is -2.41. The van der Waals surface area contributed by atoms with Crippen molar-refractivity contribution in [3.05, 3.63) is 58.1 Å². The summed E-state index contributed by atoms with van der Waals surface area (Å²) < 4.78 is 0.875. The van der Waals surface area contributed by atoms with E-state index < -0.39 is 11.8 Å². The predicted molar refractivity (Wildman–Crippen MR) is 112 cm³/mol. The van der Waals surface area contributed by atoms with Crippen LogP contribution >= 0.6 is 15.9 Å². The molecule has 0 saturated carbocycles. The van der Waals surface area contributed by atoms with Gasteiger partial charge < -0.3 is 10.6 Å². The number of hydrazone groups is 1. The first kappa shape index (κ1) is 20.6. The van der Waals surface area contributed by atoms with E-state index >= 15 is 0 Å². The molecule has 0 unspecified atom stereocenters. The fraction of sp³-hybridized carbons (Fsp3) is 0.250. The lowest BCUT2D eigenvalue weighted by atomic mass is 10.1. The number of rotatable bonds is 6. The van der Waals surface area contributed by atoms with E-state index in [0.29, 0.717) is 0 Å². The average molecular weight is 431 g/mol. The van der Waals surface area contributed by atoms with Crippen LogP contribution in [0.5, 0.6) is 0 Å². The zero-order chi connectivity index (χ0) is 19.8. The largest absolute Gasteiger partial charge is 0.355 e. The number of anilines is 2. The highest BCUT2D eigenvalue weighted by atomic mass is 79.9. The standard InChI is InChI=1S/C20H23BrN4O2/c1-4-14(3)23-19(26)20(27)25-22-12-15-11-16(21)9-10-18(15)24-17-8-6-5-7-13(17)2/h5-12,14,24H,4H2,1-3H3,(H,23,26)(H,25,27)/b22-12-/t14-/m1/s1. The summed E-state index contributed by atoms with van der Waals surface area (Å²) in [5.74, 6) is -1.50. The molecule has 2 amide bonds. The van der Waals surface area contributed by atoms with Gasteiger partial charge in [-0.25, -0.2) is 5.43 Å². The maximum absolute atomic E-state index is 11.8. The van der Waals surface area contributed by atoms with Gasteiger partial charge in [0.1, 0.15) is 0 Å². The van der Waals surface area contributed by atoms with Gasteiger partial charge in [-0.15, -0.1) is 0 Å². The van der Waals surface area contributed by atoms with Crippen molar-refractivity contribution in [1.82, 2.24) is 10.7 Å². The molecule has 0 aliphatic carbocycles. The predicted octanol–water partition coefficient (Wildman–Crippen LogP) is 3.87. The molecule has 0 radical (unpaired) electrons. The van der Waals surface area contributed by atoms with Gasteiger partial charge in [0.25, 0.3) is 0 Å². The Morgan fingerprint density at radius 3 is 2.59 bits per heavy atom. The van der Waals surface area contributed by atoms with E-state index in [1.54, 1.807) is 0 Å². The Balaban J connectivity index is 2.10. The number of aryl methyl sites for hydroxylation is 1. The van der Waals surface area contributed by atoms with Crippen molar-refractivity contribution in [2.45, 2.75) is 33.2 Å². The van der Waals surface area contributed by atoms with Crippen LogP contribution in [0.1, 0.15) is 31.4 Å². The molecule has 0 fully saturated rings. The van der Waals surface area contributed by atoms with Crippen molar-refractivity contribution in [1.29, 1.82) is 0 Å². The second-order valence-electron chi connectivity index (χ2n) is 6.15. The molecule has 0 saturated heterocycles. The van der Waals surface area contributed by atoms with Crippen LogP contribution in [-0.2, 0) is 9.59 Å². The summed E-state index contributed by atoms with van der Waals surface area (Å²) in [6, 6.07) is 13.6. The maximum atomic E-state index is 11.8. The number of nitrogens with one attached hydrogen (secondary N) is 3. The third-order valence-corrected chi connectivity index (χ3v) is 4.49. The van der Waals surface area contributed by atoms with E-state index in [-0.39, 0.29) is 6.04 Å². The van der Waals surface area contributed by atoms with Crippen molar-refractivity contribution in [2.75, 3.05) is 5.32 Å². The molecule has 0 aromatic heterocycles. The first-order chi connectivity index (χ1) is 12.9. The highest BCUT2D eigenvalue weighted by Gasteiger charge is 2.14. The highest BCUT2D eigenvalue weighted by Crippen LogP contribution is 2.25. The van der Waals surface area contributed by atoms with Crippen molar-refractivity contribution >= 4 is 45.3 Å². The molecule has 2 aromatic carbocycles. The maximum Gasteiger partial charge on any atom is 0.329 e. The van der Waals surface area contributed by atoms with E-state index in [4.69, 9.17) is 0 Å². The third-order valence-electron chi connectivity index (χ3n) is 3.99. The summed E-state index contributed by atoms with van der Waals surface area (Å²) in [6.07, 6.45) is 2.24. The van der Waals surface area contributed by atoms with Gasteiger partial charge in [-0.3, -0.25) is 9.59 Å². The molecule has 6 nitrogen and oxygen atoms in total. The Kier molecular flexibility index (Phi) is 7.55. The summed E-state index contributed by atoms with van der Waals surface area (Å²) in [4.78, 5) is 23.5. The first-order valence-corrected chi connectivity index (χ1v) is 9.46. The fourth-order valence-corrected chi connectivity index (χ4v) is 2.59. The molecule has 0 heterocycles. The van der Waals surface area contributed by atoms with Crippen molar-refractivity contribution < 1.29 is 9.59 Å². The molecule has 2 rings (SSSR count). The third kappa shape index (κ3) is 6.21. The smallest absolute Gasteiger partial charge is 0.329 e. The average Bonchev–Trinajstić information content (AvgIpc) is 2.65. The lowest BCUT2D eigenvalue weighted by Gasteiger charge is -2.12. The Morgan fingerprint density at radius 1 is 1.15 bits per heavy atom. The van der Waals surface area contributed by atoms with Crippen molar-refractivity contribution in [3.8, 4) is 0 Å². The van der Waals surface area contributed by atoms with Gasteiger partial charge in [0, 0.05) is 27.5 Å². The van der Waals surface area contributed by atoms with Crippen LogP contribution in [0.15, 0.2) is 52.0 Å². The first-order valence-electron chi connectivity index (χ1n) is 8.66. The van der Waals surface area contributed by atoms with E-state index in [1.165, 1.54) is 6.21 Å². The number of para-hydroxylation sites is 1. The van der Waals surface area contributed by atoms with Gasteiger partial charge in [0.15, 0.2) is 0 Å². The van der Waals surface area contributed by atoms with Crippen molar-refractivity contribution in [3.63, 3.8) is 0 Å². The lowest BCUT2D eigenvalue weighted by molar-refractivity contribution is -0.139. The number of carbonyl (C=O) groups excluding carboxylic acids is 2. The second-order valence-corrected chi connectivity index (χ2v) is 7.07. The zero-order valence-corrected chi connectivity index (χ0v) is 17.1. The molecular weight excluding hydrogens is 408 g/mol. The molecule has 1 atom stereocenters. The van der Waals surface area contributed by atoms with Gasteiger partial charge in [-0.1, -0.05) is 41.1 Å². The number of hydrogen-bond acceptors (Lipinski definition) is 4. The van der Waals surface area contributed by atoms with Gasteiger partial charge in [0.2, 0.25) is 0 Å². The monoisotopic (exact) mass is 430 g/mol. The molecule has 3 N–H and O–H groups in total. The summed E-state index contributed by atoms with van der Waals surface area (Å²) in [5.41, 5.74) is 5.93. The number of benzene rings is 2. The number of amides is 2. The number of halogens is 1. The van der Waals surface area contributed by atoms with Crippen LogP contribution < -0.4 is 16.1 Å². The van der Waals surface area contributed by atoms with Gasteiger partial charge >= 0.3 is 11.8 Å². The SMILES string of the molecule is CC[C@@H](C)NC(=O)C(=O)N/N=C\c1cc(Br)ccc1Nc1ccccc1C. The summed E-state index contributed by atoms with van der Waals surface area (Å²) in [6.45, 7) is 5.78. The van der Waals surface area contributed by atoms with E-state index in [2.05, 4.69) is 37.1 Å². The minimum atomic E-state index is -0.796.